The van der Waals surface area contributed by atoms with Crippen LogP contribution in [0.3, 0.4) is 0 Å². The Morgan fingerprint density at radius 2 is 1.97 bits per heavy atom. The normalized spacial score (nSPS) is 20.9. The Bertz CT molecular complexity index is 857. The van der Waals surface area contributed by atoms with Crippen molar-refractivity contribution in [3.05, 3.63) is 18.5 Å². The van der Waals surface area contributed by atoms with Gasteiger partial charge in [-0.15, -0.1) is 0 Å². The Hall–Kier alpha value is -2.60. The van der Waals surface area contributed by atoms with Gasteiger partial charge in [-0.1, -0.05) is 0 Å². The average molecular weight is 445 g/mol. The summed E-state index contributed by atoms with van der Waals surface area (Å²) < 4.78 is 16.8. The number of anilines is 2. The summed E-state index contributed by atoms with van der Waals surface area (Å²) in [5.74, 6) is 1.43. The zero-order chi connectivity index (χ0) is 22.3. The van der Waals surface area contributed by atoms with Crippen LogP contribution in [0.2, 0.25) is 0 Å². The summed E-state index contributed by atoms with van der Waals surface area (Å²) in [7, 11) is 3.84. The maximum absolute atomic E-state index is 6.25. The van der Waals surface area contributed by atoms with Gasteiger partial charge in [0.25, 0.3) is 0 Å². The van der Waals surface area contributed by atoms with Gasteiger partial charge >= 0.3 is 0 Å². The minimum absolute atomic E-state index is 0.129. The van der Waals surface area contributed by atoms with Gasteiger partial charge in [0.1, 0.15) is 6.10 Å². The zero-order valence-electron chi connectivity index (χ0n) is 18.7. The number of hydrogen-bond acceptors (Lipinski definition) is 11. The van der Waals surface area contributed by atoms with E-state index in [1.54, 1.807) is 19.5 Å². The van der Waals surface area contributed by atoms with Crippen molar-refractivity contribution < 1.29 is 14.2 Å². The minimum Gasteiger partial charge on any atom is -0.474 e. The molecule has 0 bridgehead atoms. The molecule has 2 fully saturated rings. The third-order valence-corrected chi connectivity index (χ3v) is 5.78. The lowest BCUT2D eigenvalue weighted by Crippen LogP contribution is -2.50. The number of nitrogens with zero attached hydrogens (tertiary/aromatic N) is 6. The second kappa shape index (κ2) is 10.8. The summed E-state index contributed by atoms with van der Waals surface area (Å²) in [6, 6.07) is 2.34. The van der Waals surface area contributed by atoms with Crippen molar-refractivity contribution >= 4 is 11.9 Å². The standard InChI is InChI=1S/C21H32N8O3/c1-28(14-23-3-6-30-2)16-9-17(10-16)32-19-11-18(15-12-24-20(22)25-13-15)26-21(27-19)29-4-7-31-8-5-29/h11-13,16-17,23H,3-10,14H2,1-2H3,(H2,22,24,25). The SMILES string of the molecule is COCCNCN(C)C1CC(Oc2cc(-c3cnc(N)nc3)nc(N3CCOCC3)n2)C1. The summed E-state index contributed by atoms with van der Waals surface area (Å²) in [6.07, 6.45) is 5.38. The Balaban J connectivity index is 1.41. The van der Waals surface area contributed by atoms with E-state index in [9.17, 15) is 0 Å². The first-order valence-corrected chi connectivity index (χ1v) is 11.0. The molecule has 2 aliphatic rings. The minimum atomic E-state index is 0.129. The van der Waals surface area contributed by atoms with E-state index >= 15 is 0 Å². The van der Waals surface area contributed by atoms with Gasteiger partial charge in [-0.25, -0.2) is 15.0 Å². The van der Waals surface area contributed by atoms with Gasteiger partial charge in [0.15, 0.2) is 0 Å². The number of nitrogens with one attached hydrogen (secondary N) is 1. The molecule has 0 spiro atoms. The van der Waals surface area contributed by atoms with E-state index in [1.165, 1.54) is 0 Å². The van der Waals surface area contributed by atoms with Gasteiger partial charge in [0.2, 0.25) is 17.8 Å². The molecule has 2 aromatic heterocycles. The van der Waals surface area contributed by atoms with E-state index in [0.29, 0.717) is 43.4 Å². The third kappa shape index (κ3) is 5.80. The number of nitrogens with two attached hydrogens (primary N) is 1. The van der Waals surface area contributed by atoms with Crippen LogP contribution >= 0.6 is 0 Å². The number of morpholine rings is 1. The number of nitrogen functional groups attached to an aromatic ring is 1. The number of ether oxygens (including phenoxy) is 3. The van der Waals surface area contributed by atoms with Crippen molar-refractivity contribution in [1.82, 2.24) is 30.2 Å². The molecule has 1 aliphatic heterocycles. The molecule has 0 amide bonds. The molecule has 3 heterocycles. The van der Waals surface area contributed by atoms with Gasteiger partial charge in [-0.3, -0.25) is 4.90 Å². The van der Waals surface area contributed by atoms with Gasteiger partial charge in [0, 0.05) is 76.3 Å². The highest BCUT2D eigenvalue weighted by Gasteiger charge is 2.34. The predicted molar refractivity (Wildman–Crippen MR) is 120 cm³/mol. The van der Waals surface area contributed by atoms with Crippen molar-refractivity contribution in [2.45, 2.75) is 25.0 Å². The highest BCUT2D eigenvalue weighted by atomic mass is 16.5. The molecule has 0 unspecified atom stereocenters. The first-order chi connectivity index (χ1) is 15.6. The van der Waals surface area contributed by atoms with Gasteiger partial charge in [0.05, 0.1) is 25.5 Å². The highest BCUT2D eigenvalue weighted by molar-refractivity contribution is 5.60. The molecule has 32 heavy (non-hydrogen) atoms. The monoisotopic (exact) mass is 444 g/mol. The van der Waals surface area contributed by atoms with Gasteiger partial charge < -0.3 is 30.2 Å². The van der Waals surface area contributed by atoms with E-state index in [-0.39, 0.29) is 12.1 Å². The van der Waals surface area contributed by atoms with Crippen LogP contribution in [0.1, 0.15) is 12.8 Å². The molecular weight excluding hydrogens is 412 g/mol. The lowest BCUT2D eigenvalue weighted by Gasteiger charge is -2.40. The third-order valence-electron chi connectivity index (χ3n) is 5.78. The fourth-order valence-electron chi connectivity index (χ4n) is 3.72. The fraction of sp³-hybridized carbons (Fsp3) is 0.619. The van der Waals surface area contributed by atoms with Crippen molar-refractivity contribution in [2.75, 3.05) is 70.9 Å². The van der Waals surface area contributed by atoms with Gasteiger partial charge in [-0.2, -0.15) is 4.98 Å². The van der Waals surface area contributed by atoms with Crippen LogP contribution in [0.4, 0.5) is 11.9 Å². The van der Waals surface area contributed by atoms with Crippen molar-refractivity contribution in [3.63, 3.8) is 0 Å². The molecule has 0 aromatic carbocycles. The number of rotatable bonds is 10. The molecule has 11 heteroatoms. The molecule has 174 valence electrons. The molecule has 4 rings (SSSR count). The first kappa shape index (κ1) is 22.6. The number of hydrogen-bond donors (Lipinski definition) is 2. The molecular formula is C21H32N8O3. The summed E-state index contributed by atoms with van der Waals surface area (Å²) in [5, 5.41) is 3.38. The topological polar surface area (TPSA) is 124 Å². The Labute approximate surface area is 188 Å². The summed E-state index contributed by atoms with van der Waals surface area (Å²) in [5.41, 5.74) is 7.13. The number of methoxy groups -OCH3 is 1. The number of aromatic nitrogens is 4. The van der Waals surface area contributed by atoms with Crippen LogP contribution in [0.25, 0.3) is 11.3 Å². The average Bonchev–Trinajstić information content (AvgIpc) is 2.79. The molecule has 0 atom stereocenters. The summed E-state index contributed by atoms with van der Waals surface area (Å²) >= 11 is 0. The molecule has 1 aliphatic carbocycles. The molecule has 1 saturated heterocycles. The maximum Gasteiger partial charge on any atom is 0.229 e. The summed E-state index contributed by atoms with van der Waals surface area (Å²) in [6.45, 7) is 5.19. The van der Waals surface area contributed by atoms with E-state index in [1.807, 2.05) is 6.07 Å². The van der Waals surface area contributed by atoms with E-state index in [0.717, 1.165) is 44.7 Å². The predicted octanol–water partition coefficient (Wildman–Crippen LogP) is 0.388. The quantitative estimate of drug-likeness (QED) is 0.390. The lowest BCUT2D eigenvalue weighted by atomic mass is 9.88. The van der Waals surface area contributed by atoms with E-state index in [4.69, 9.17) is 29.9 Å². The van der Waals surface area contributed by atoms with E-state index < -0.39 is 0 Å². The van der Waals surface area contributed by atoms with Crippen LogP contribution < -0.4 is 20.7 Å². The van der Waals surface area contributed by atoms with Crippen LogP contribution in [0.15, 0.2) is 18.5 Å². The van der Waals surface area contributed by atoms with Crippen LogP contribution in [0, 0.1) is 0 Å². The lowest BCUT2D eigenvalue weighted by molar-refractivity contribution is 0.0226. The molecule has 0 radical (unpaired) electrons. The van der Waals surface area contributed by atoms with Crippen LogP contribution in [0.5, 0.6) is 5.88 Å². The molecule has 2 aromatic rings. The Morgan fingerprint density at radius 1 is 1.22 bits per heavy atom. The van der Waals surface area contributed by atoms with Crippen molar-refractivity contribution in [2.24, 2.45) is 0 Å². The second-order valence-corrected chi connectivity index (χ2v) is 8.09. The zero-order valence-corrected chi connectivity index (χ0v) is 18.7. The van der Waals surface area contributed by atoms with Crippen LogP contribution in [-0.2, 0) is 9.47 Å². The Kier molecular flexibility index (Phi) is 7.63. The molecule has 11 nitrogen and oxygen atoms in total. The molecule has 1 saturated carbocycles. The van der Waals surface area contributed by atoms with Crippen molar-refractivity contribution in [1.29, 1.82) is 0 Å². The first-order valence-electron chi connectivity index (χ1n) is 11.0. The largest absolute Gasteiger partial charge is 0.474 e. The molecule has 3 N–H and O–H groups in total. The van der Waals surface area contributed by atoms with E-state index in [2.05, 4.69) is 32.1 Å². The van der Waals surface area contributed by atoms with Crippen molar-refractivity contribution in [3.8, 4) is 17.1 Å². The maximum atomic E-state index is 6.25. The van der Waals surface area contributed by atoms with Crippen LogP contribution in [-0.4, -0.2) is 97.3 Å². The highest BCUT2D eigenvalue weighted by Crippen LogP contribution is 2.31. The second-order valence-electron chi connectivity index (χ2n) is 8.09. The Morgan fingerprint density at radius 3 is 2.69 bits per heavy atom. The van der Waals surface area contributed by atoms with Gasteiger partial charge in [-0.05, 0) is 7.05 Å². The smallest absolute Gasteiger partial charge is 0.229 e. The fourth-order valence-corrected chi connectivity index (χ4v) is 3.72. The summed E-state index contributed by atoms with van der Waals surface area (Å²) in [4.78, 5) is 22.0.